The van der Waals surface area contributed by atoms with Crippen molar-refractivity contribution in [1.29, 1.82) is 5.26 Å². The van der Waals surface area contributed by atoms with Crippen molar-refractivity contribution < 1.29 is 4.79 Å². The van der Waals surface area contributed by atoms with Gasteiger partial charge >= 0.3 is 0 Å². The summed E-state index contributed by atoms with van der Waals surface area (Å²) >= 11 is 12.6. The molecule has 1 amide bonds. The number of hydrogen-bond acceptors (Lipinski definition) is 3. The first-order valence-corrected chi connectivity index (χ1v) is 12.5. The van der Waals surface area contributed by atoms with Crippen LogP contribution >= 0.6 is 23.2 Å². The Morgan fingerprint density at radius 1 is 1.03 bits per heavy atom. The highest BCUT2D eigenvalue weighted by Gasteiger charge is 2.59. The predicted octanol–water partition coefficient (Wildman–Crippen LogP) is 6.48. The molecule has 1 aliphatic rings. The number of benzene rings is 2. The molecule has 182 valence electrons. The number of hydrogen-bond donors (Lipinski definition) is 2. The van der Waals surface area contributed by atoms with Gasteiger partial charge in [-0.15, -0.1) is 0 Å². The van der Waals surface area contributed by atoms with Gasteiger partial charge in [-0.1, -0.05) is 89.0 Å². The summed E-state index contributed by atoms with van der Waals surface area (Å²) in [6.45, 7) is 13.2. The lowest BCUT2D eigenvalue weighted by molar-refractivity contribution is -0.123. The Kier molecular flexibility index (Phi) is 7.73. The van der Waals surface area contributed by atoms with Gasteiger partial charge in [-0.25, -0.2) is 0 Å². The Hall–Kier alpha value is -2.06. The van der Waals surface area contributed by atoms with Gasteiger partial charge < -0.3 is 10.6 Å². The van der Waals surface area contributed by atoms with Gasteiger partial charge in [0.15, 0.2) is 0 Å². The van der Waals surface area contributed by atoms with Gasteiger partial charge in [0.1, 0.15) is 5.41 Å². The van der Waals surface area contributed by atoms with Gasteiger partial charge in [0.25, 0.3) is 0 Å². The van der Waals surface area contributed by atoms with Crippen molar-refractivity contribution >= 4 is 29.1 Å². The largest absolute Gasteiger partial charge is 0.354 e. The van der Waals surface area contributed by atoms with Crippen LogP contribution in [0.2, 0.25) is 10.0 Å². The number of nitriles is 1. The van der Waals surface area contributed by atoms with Crippen LogP contribution in [0.1, 0.15) is 65.0 Å². The fourth-order valence-corrected chi connectivity index (χ4v) is 5.24. The molecule has 1 heterocycles. The van der Waals surface area contributed by atoms with E-state index in [2.05, 4.69) is 58.2 Å². The molecule has 0 spiro atoms. The molecule has 0 aromatic heterocycles. The van der Waals surface area contributed by atoms with Crippen LogP contribution < -0.4 is 10.6 Å². The van der Waals surface area contributed by atoms with E-state index in [-0.39, 0.29) is 22.8 Å². The van der Waals surface area contributed by atoms with E-state index in [1.54, 1.807) is 0 Å². The molecular formula is C28H35Cl2N3O. The number of nitrogens with one attached hydrogen (secondary N) is 2. The minimum Gasteiger partial charge on any atom is -0.354 e. The lowest BCUT2D eigenvalue weighted by Crippen LogP contribution is -2.47. The lowest BCUT2D eigenvalue weighted by Gasteiger charge is -2.37. The second-order valence-corrected chi connectivity index (χ2v) is 12.6. The van der Waals surface area contributed by atoms with Gasteiger partial charge in [-0.3, -0.25) is 4.79 Å². The van der Waals surface area contributed by atoms with Crippen LogP contribution in [-0.2, 0) is 10.2 Å². The molecule has 6 heteroatoms. The van der Waals surface area contributed by atoms with E-state index in [4.69, 9.17) is 23.2 Å². The predicted molar refractivity (Wildman–Crippen MR) is 140 cm³/mol. The van der Waals surface area contributed by atoms with Crippen LogP contribution in [0.5, 0.6) is 0 Å². The normalized spacial score (nSPS) is 25.1. The zero-order valence-electron chi connectivity index (χ0n) is 20.9. The van der Waals surface area contributed by atoms with Crippen molar-refractivity contribution in [2.24, 2.45) is 10.8 Å². The molecule has 2 aromatic carbocycles. The van der Waals surface area contributed by atoms with Gasteiger partial charge in [0, 0.05) is 28.5 Å². The minimum atomic E-state index is -0.994. The van der Waals surface area contributed by atoms with Crippen LogP contribution in [-0.4, -0.2) is 24.5 Å². The maximum atomic E-state index is 13.6. The van der Waals surface area contributed by atoms with Crippen LogP contribution in [0.15, 0.2) is 48.5 Å². The van der Waals surface area contributed by atoms with Crippen molar-refractivity contribution in [3.8, 4) is 6.07 Å². The Morgan fingerprint density at radius 3 is 2.21 bits per heavy atom. The summed E-state index contributed by atoms with van der Waals surface area (Å²) in [5.41, 5.74) is 0.586. The molecule has 34 heavy (non-hydrogen) atoms. The Bertz CT molecular complexity index is 1060. The van der Waals surface area contributed by atoms with E-state index in [0.29, 0.717) is 23.0 Å². The van der Waals surface area contributed by atoms with E-state index >= 15 is 0 Å². The Morgan fingerprint density at radius 2 is 1.68 bits per heavy atom. The maximum absolute atomic E-state index is 13.6. The molecule has 4 atom stereocenters. The van der Waals surface area contributed by atoms with Gasteiger partial charge in [0.05, 0.1) is 12.1 Å². The third kappa shape index (κ3) is 5.77. The minimum absolute atomic E-state index is 0.0624. The highest BCUT2D eigenvalue weighted by atomic mass is 35.5. The standard InChI is InChI=1S/C28H35Cl2N3O/c1-26(2,3)15-22-28(16-31,19-10-12-20(29)13-11-19)23(18-8-7-9-21(30)14-18)24(33-22)25(34)32-17-27(4,5)6/h7-14,22-24,33H,15,17H2,1-6H3,(H,32,34)/t22-,23-,24+,28-/m0/s1. The van der Waals surface area contributed by atoms with Crippen LogP contribution in [0, 0.1) is 22.2 Å². The molecule has 0 unspecified atom stereocenters. The molecule has 1 aliphatic heterocycles. The van der Waals surface area contributed by atoms with Gasteiger partial charge in [-0.2, -0.15) is 5.26 Å². The molecule has 0 aliphatic carbocycles. The van der Waals surface area contributed by atoms with Gasteiger partial charge in [0.2, 0.25) is 5.91 Å². The van der Waals surface area contributed by atoms with Crippen LogP contribution in [0.25, 0.3) is 0 Å². The molecule has 0 saturated carbocycles. The summed E-state index contributed by atoms with van der Waals surface area (Å²) in [5, 5.41) is 18.8. The van der Waals surface area contributed by atoms with Crippen molar-refractivity contribution in [3.05, 3.63) is 69.7 Å². The monoisotopic (exact) mass is 499 g/mol. The first-order chi connectivity index (χ1) is 15.8. The third-order valence-electron chi connectivity index (χ3n) is 6.36. The number of amides is 1. The highest BCUT2D eigenvalue weighted by Crippen LogP contribution is 2.51. The first-order valence-electron chi connectivity index (χ1n) is 11.7. The van der Waals surface area contributed by atoms with Crippen LogP contribution in [0.3, 0.4) is 0 Å². The summed E-state index contributed by atoms with van der Waals surface area (Å²) in [6, 6.07) is 16.8. The van der Waals surface area contributed by atoms with Crippen molar-refractivity contribution in [1.82, 2.24) is 10.6 Å². The number of nitrogens with zero attached hydrogens (tertiary/aromatic N) is 1. The van der Waals surface area contributed by atoms with E-state index < -0.39 is 17.4 Å². The molecule has 4 nitrogen and oxygen atoms in total. The van der Waals surface area contributed by atoms with Crippen LogP contribution in [0.4, 0.5) is 0 Å². The molecule has 3 rings (SSSR count). The van der Waals surface area contributed by atoms with Crippen molar-refractivity contribution in [3.63, 3.8) is 0 Å². The molecule has 0 bridgehead atoms. The fraction of sp³-hybridized carbons (Fsp3) is 0.500. The Balaban J connectivity index is 2.21. The molecule has 2 N–H and O–H groups in total. The topological polar surface area (TPSA) is 64.9 Å². The number of carbonyl (C=O) groups excluding carboxylic acids is 1. The van der Waals surface area contributed by atoms with Crippen molar-refractivity contribution in [2.45, 2.75) is 71.4 Å². The quantitative estimate of drug-likeness (QED) is 0.494. The zero-order valence-corrected chi connectivity index (χ0v) is 22.4. The molecule has 1 fully saturated rings. The van der Waals surface area contributed by atoms with Gasteiger partial charge in [-0.05, 0) is 52.6 Å². The zero-order chi connectivity index (χ0) is 25.3. The summed E-state index contributed by atoms with van der Waals surface area (Å²) in [6.07, 6.45) is 0.712. The summed E-state index contributed by atoms with van der Waals surface area (Å²) < 4.78 is 0. The first kappa shape index (κ1) is 26.5. The highest BCUT2D eigenvalue weighted by molar-refractivity contribution is 6.30. The summed E-state index contributed by atoms with van der Waals surface area (Å²) in [5.74, 6) is -0.547. The smallest absolute Gasteiger partial charge is 0.237 e. The second-order valence-electron chi connectivity index (χ2n) is 11.8. The number of carbonyl (C=O) groups is 1. The van der Waals surface area contributed by atoms with E-state index in [0.717, 1.165) is 11.1 Å². The second kappa shape index (κ2) is 9.90. The average Bonchev–Trinajstić information content (AvgIpc) is 3.05. The fourth-order valence-electron chi connectivity index (χ4n) is 4.92. The Labute approximate surface area is 214 Å². The molecule has 0 radical (unpaired) electrons. The van der Waals surface area contributed by atoms with E-state index in [9.17, 15) is 10.1 Å². The third-order valence-corrected chi connectivity index (χ3v) is 6.85. The summed E-state index contributed by atoms with van der Waals surface area (Å²) in [4.78, 5) is 13.6. The number of rotatable bonds is 5. The lowest BCUT2D eigenvalue weighted by atomic mass is 9.63. The average molecular weight is 501 g/mol. The maximum Gasteiger partial charge on any atom is 0.237 e. The molecule has 2 aromatic rings. The van der Waals surface area contributed by atoms with Crippen molar-refractivity contribution in [2.75, 3.05) is 6.54 Å². The molecule has 1 saturated heterocycles. The molecular weight excluding hydrogens is 465 g/mol. The SMILES string of the molecule is CC(C)(C)CNC(=O)[C@@H]1N[C@@H](CC(C)(C)C)[C@](C#N)(c2ccc(Cl)cc2)[C@H]1c1cccc(Cl)c1. The van der Waals surface area contributed by atoms with E-state index in [1.165, 1.54) is 0 Å². The van der Waals surface area contributed by atoms with E-state index in [1.807, 2.05) is 48.5 Å². The summed E-state index contributed by atoms with van der Waals surface area (Å²) in [7, 11) is 0. The number of halogens is 2.